The monoisotopic (exact) mass is 403 g/mol. The van der Waals surface area contributed by atoms with Crippen molar-refractivity contribution in [1.82, 2.24) is 4.98 Å². The first-order valence-electron chi connectivity index (χ1n) is 9.21. The van der Waals surface area contributed by atoms with Gasteiger partial charge in [0, 0.05) is 11.4 Å². The van der Waals surface area contributed by atoms with Crippen LogP contribution in [0.3, 0.4) is 0 Å². The van der Waals surface area contributed by atoms with E-state index in [2.05, 4.69) is 4.98 Å². The molecule has 8 nitrogen and oxygen atoms in total. The van der Waals surface area contributed by atoms with Crippen LogP contribution in [0, 0.1) is 13.8 Å². The molecule has 2 aromatic rings. The molecule has 0 radical (unpaired) electrons. The number of Topliss-reactive ketones (excluding diaryl/α,β-unsaturated/α-hetero) is 1. The van der Waals surface area contributed by atoms with Crippen LogP contribution >= 0.6 is 0 Å². The summed E-state index contributed by atoms with van der Waals surface area (Å²) in [4.78, 5) is 40.2. The second-order valence-corrected chi connectivity index (χ2v) is 6.14. The van der Waals surface area contributed by atoms with Gasteiger partial charge in [0.2, 0.25) is 5.78 Å². The highest BCUT2D eigenvalue weighted by Gasteiger charge is 2.26. The number of aromatic amines is 1. The lowest BCUT2D eigenvalue weighted by molar-refractivity contribution is 0.0471. The van der Waals surface area contributed by atoms with Gasteiger partial charge >= 0.3 is 11.9 Å². The molecule has 0 atom stereocenters. The molecular weight excluding hydrogens is 378 g/mol. The van der Waals surface area contributed by atoms with Crippen molar-refractivity contribution in [3.8, 4) is 11.5 Å². The third-order valence-corrected chi connectivity index (χ3v) is 4.17. The van der Waals surface area contributed by atoms with E-state index in [0.717, 1.165) is 0 Å². The quantitative estimate of drug-likeness (QED) is 0.506. The van der Waals surface area contributed by atoms with Crippen molar-refractivity contribution in [2.24, 2.45) is 0 Å². The molecule has 0 spiro atoms. The number of H-pyrrole nitrogens is 1. The molecular formula is C21H25NO7. The number of carbonyl (C=O) groups is 3. The number of esters is 2. The molecule has 1 N–H and O–H groups in total. The zero-order valence-corrected chi connectivity index (χ0v) is 17.2. The molecule has 0 saturated carbocycles. The molecule has 0 fully saturated rings. The summed E-state index contributed by atoms with van der Waals surface area (Å²) in [5.41, 5.74) is 1.57. The number of benzene rings is 1. The number of methoxy groups -OCH3 is 1. The molecule has 0 bridgehead atoms. The molecule has 29 heavy (non-hydrogen) atoms. The van der Waals surface area contributed by atoms with E-state index in [4.69, 9.17) is 18.9 Å². The molecule has 0 unspecified atom stereocenters. The van der Waals surface area contributed by atoms with Gasteiger partial charge in [-0.25, -0.2) is 9.59 Å². The van der Waals surface area contributed by atoms with Gasteiger partial charge in [-0.05, 0) is 45.9 Å². The van der Waals surface area contributed by atoms with Crippen molar-refractivity contribution < 1.29 is 33.3 Å². The molecule has 0 aliphatic heterocycles. The SMILES string of the molecule is CCOC(=O)c1c(C)[nH]c(C)c1C(=O)COC(=O)c1ccc(OCC)c(OC)c1. The summed E-state index contributed by atoms with van der Waals surface area (Å²) in [5.74, 6) is -0.904. The molecule has 1 aromatic carbocycles. The number of ether oxygens (including phenoxy) is 4. The Morgan fingerprint density at radius 2 is 1.59 bits per heavy atom. The lowest BCUT2D eigenvalue weighted by Crippen LogP contribution is -2.18. The fraction of sp³-hybridized carbons (Fsp3) is 0.381. The number of carbonyl (C=O) groups excluding carboxylic acids is 3. The van der Waals surface area contributed by atoms with Crippen LogP contribution in [0.2, 0.25) is 0 Å². The Balaban J connectivity index is 2.15. The highest BCUT2D eigenvalue weighted by molar-refractivity contribution is 6.09. The van der Waals surface area contributed by atoms with Gasteiger partial charge in [-0.2, -0.15) is 0 Å². The Bertz CT molecular complexity index is 914. The second-order valence-electron chi connectivity index (χ2n) is 6.14. The van der Waals surface area contributed by atoms with E-state index in [-0.39, 0.29) is 23.3 Å². The normalized spacial score (nSPS) is 10.4. The van der Waals surface area contributed by atoms with Gasteiger partial charge in [-0.15, -0.1) is 0 Å². The van der Waals surface area contributed by atoms with E-state index in [1.165, 1.54) is 19.2 Å². The molecule has 8 heteroatoms. The largest absolute Gasteiger partial charge is 0.493 e. The van der Waals surface area contributed by atoms with E-state index in [9.17, 15) is 14.4 Å². The zero-order chi connectivity index (χ0) is 21.6. The minimum absolute atomic E-state index is 0.160. The summed E-state index contributed by atoms with van der Waals surface area (Å²) < 4.78 is 20.8. The number of hydrogen-bond acceptors (Lipinski definition) is 7. The van der Waals surface area contributed by atoms with Crippen LogP contribution in [-0.4, -0.2) is 49.6 Å². The number of aryl methyl sites for hydroxylation is 2. The lowest BCUT2D eigenvalue weighted by atomic mass is 10.1. The minimum Gasteiger partial charge on any atom is -0.493 e. The van der Waals surface area contributed by atoms with E-state index in [1.54, 1.807) is 26.8 Å². The van der Waals surface area contributed by atoms with E-state index >= 15 is 0 Å². The average Bonchev–Trinajstić information content (AvgIpc) is 3.00. The Morgan fingerprint density at radius 1 is 0.897 bits per heavy atom. The van der Waals surface area contributed by atoms with E-state index < -0.39 is 24.3 Å². The Kier molecular flexibility index (Phi) is 7.41. The lowest BCUT2D eigenvalue weighted by Gasteiger charge is -2.11. The first-order chi connectivity index (χ1) is 13.8. The maximum atomic E-state index is 12.7. The number of aromatic nitrogens is 1. The highest BCUT2D eigenvalue weighted by Crippen LogP contribution is 2.28. The van der Waals surface area contributed by atoms with Crippen LogP contribution in [0.15, 0.2) is 18.2 Å². The second kappa shape index (κ2) is 9.77. The van der Waals surface area contributed by atoms with E-state index in [0.29, 0.717) is 29.5 Å². The van der Waals surface area contributed by atoms with Crippen LogP contribution in [0.1, 0.15) is 56.3 Å². The van der Waals surface area contributed by atoms with Gasteiger partial charge in [-0.3, -0.25) is 4.79 Å². The van der Waals surface area contributed by atoms with Crippen molar-refractivity contribution >= 4 is 17.7 Å². The smallest absolute Gasteiger partial charge is 0.340 e. The summed E-state index contributed by atoms with van der Waals surface area (Å²) in [5, 5.41) is 0. The molecule has 0 amide bonds. The minimum atomic E-state index is -0.692. The number of nitrogens with one attached hydrogen (secondary N) is 1. The molecule has 2 rings (SSSR count). The van der Waals surface area contributed by atoms with Crippen LogP contribution in [-0.2, 0) is 9.47 Å². The first kappa shape index (κ1) is 22.0. The van der Waals surface area contributed by atoms with Gasteiger partial charge < -0.3 is 23.9 Å². The Hall–Kier alpha value is -3.29. The van der Waals surface area contributed by atoms with E-state index in [1.807, 2.05) is 6.92 Å². The first-order valence-corrected chi connectivity index (χ1v) is 9.21. The van der Waals surface area contributed by atoms with Gasteiger partial charge in [0.25, 0.3) is 0 Å². The fourth-order valence-electron chi connectivity index (χ4n) is 2.94. The number of hydrogen-bond donors (Lipinski definition) is 1. The molecule has 0 aliphatic carbocycles. The maximum absolute atomic E-state index is 12.7. The van der Waals surface area contributed by atoms with Crippen LogP contribution in [0.4, 0.5) is 0 Å². The average molecular weight is 403 g/mol. The standard InChI is InChI=1S/C21H25NO7/c1-6-27-16-9-8-14(10-17(16)26-5)20(24)29-11-15(23)18-12(3)22-13(4)19(18)21(25)28-7-2/h8-10,22H,6-7,11H2,1-5H3. The third-order valence-electron chi connectivity index (χ3n) is 4.17. The van der Waals surface area contributed by atoms with Gasteiger partial charge in [-0.1, -0.05) is 0 Å². The molecule has 1 aromatic heterocycles. The highest BCUT2D eigenvalue weighted by atomic mass is 16.5. The predicted molar refractivity (Wildman–Crippen MR) is 105 cm³/mol. The van der Waals surface area contributed by atoms with Gasteiger partial charge in [0.1, 0.15) is 0 Å². The van der Waals surface area contributed by atoms with Crippen molar-refractivity contribution in [3.63, 3.8) is 0 Å². The van der Waals surface area contributed by atoms with Crippen LogP contribution in [0.5, 0.6) is 11.5 Å². The molecule has 0 saturated heterocycles. The fourth-order valence-corrected chi connectivity index (χ4v) is 2.94. The summed E-state index contributed by atoms with van der Waals surface area (Å²) in [6.07, 6.45) is 0. The Labute approximate surface area is 169 Å². The molecule has 0 aliphatic rings. The van der Waals surface area contributed by atoms with Crippen molar-refractivity contribution in [2.75, 3.05) is 26.9 Å². The van der Waals surface area contributed by atoms with Crippen molar-refractivity contribution in [3.05, 3.63) is 46.3 Å². The van der Waals surface area contributed by atoms with Crippen molar-refractivity contribution in [2.45, 2.75) is 27.7 Å². The summed E-state index contributed by atoms with van der Waals surface area (Å²) in [6.45, 7) is 6.98. The zero-order valence-electron chi connectivity index (χ0n) is 17.2. The predicted octanol–water partition coefficient (Wildman–Crippen LogP) is 3.26. The van der Waals surface area contributed by atoms with Crippen LogP contribution < -0.4 is 9.47 Å². The maximum Gasteiger partial charge on any atom is 0.340 e. The number of rotatable bonds is 9. The topological polar surface area (TPSA) is 104 Å². The molecule has 156 valence electrons. The van der Waals surface area contributed by atoms with Gasteiger partial charge in [0.05, 0.1) is 37.0 Å². The molecule has 1 heterocycles. The summed E-state index contributed by atoms with van der Waals surface area (Å²) >= 11 is 0. The van der Waals surface area contributed by atoms with Crippen molar-refractivity contribution in [1.29, 1.82) is 0 Å². The summed E-state index contributed by atoms with van der Waals surface area (Å²) in [6, 6.07) is 4.60. The third kappa shape index (κ3) is 4.96. The van der Waals surface area contributed by atoms with Gasteiger partial charge in [0.15, 0.2) is 18.1 Å². The van der Waals surface area contributed by atoms with Crippen LogP contribution in [0.25, 0.3) is 0 Å². The summed E-state index contributed by atoms with van der Waals surface area (Å²) in [7, 11) is 1.46. The number of ketones is 1. The Morgan fingerprint density at radius 3 is 2.21 bits per heavy atom.